The van der Waals surface area contributed by atoms with Gasteiger partial charge in [0.05, 0.1) is 24.6 Å². The Morgan fingerprint density at radius 1 is 1.04 bits per heavy atom. The molecule has 0 bridgehead atoms. The molecular formula is C31H34F2N8O4. The molecule has 45 heavy (non-hydrogen) atoms. The highest BCUT2D eigenvalue weighted by atomic mass is 19.3. The van der Waals surface area contributed by atoms with E-state index in [0.29, 0.717) is 69.4 Å². The van der Waals surface area contributed by atoms with Gasteiger partial charge in [0.1, 0.15) is 5.75 Å². The minimum absolute atomic E-state index is 0.0407. The molecule has 0 unspecified atom stereocenters. The number of aryl methyl sites for hydroxylation is 1. The molecule has 3 amide bonds. The van der Waals surface area contributed by atoms with Crippen molar-refractivity contribution in [1.82, 2.24) is 29.1 Å². The highest BCUT2D eigenvalue weighted by molar-refractivity contribution is 5.96. The summed E-state index contributed by atoms with van der Waals surface area (Å²) < 4.78 is 36.9. The number of anilines is 2. The molecule has 236 valence electrons. The number of fused-ring (bicyclic) bond motifs is 1. The number of nitrogens with zero attached hydrogens (tertiary/aromatic N) is 6. The number of carbonyl (C=O) groups is 2. The number of hydrogen-bond donors (Lipinski definition) is 2. The van der Waals surface area contributed by atoms with Crippen LogP contribution < -0.4 is 15.8 Å². The summed E-state index contributed by atoms with van der Waals surface area (Å²) in [5, 5.41) is 3.30. The Morgan fingerprint density at radius 2 is 1.80 bits per heavy atom. The van der Waals surface area contributed by atoms with E-state index in [4.69, 9.17) is 10.5 Å². The number of imidazole rings is 1. The highest BCUT2D eigenvalue weighted by Crippen LogP contribution is 2.28. The fourth-order valence-electron chi connectivity index (χ4n) is 5.65. The number of benzene rings is 2. The molecule has 0 aliphatic carbocycles. The topological polar surface area (TPSA) is 131 Å². The van der Waals surface area contributed by atoms with Crippen molar-refractivity contribution >= 4 is 29.1 Å². The Bertz CT molecular complexity index is 1670. The molecule has 14 heteroatoms. The zero-order valence-electron chi connectivity index (χ0n) is 24.7. The molecule has 1 atom stereocenters. The van der Waals surface area contributed by atoms with Gasteiger partial charge in [-0.15, -0.1) is 0 Å². The molecule has 12 nitrogen and oxygen atoms in total. The van der Waals surface area contributed by atoms with Crippen LogP contribution in [0.25, 0.3) is 16.9 Å². The predicted octanol–water partition coefficient (Wildman–Crippen LogP) is 3.59. The number of urea groups is 1. The van der Waals surface area contributed by atoms with Gasteiger partial charge >= 0.3 is 12.6 Å². The third-order valence-electron chi connectivity index (χ3n) is 8.03. The number of nitrogens with two attached hydrogens (primary N) is 1. The van der Waals surface area contributed by atoms with Crippen molar-refractivity contribution < 1.29 is 27.8 Å². The summed E-state index contributed by atoms with van der Waals surface area (Å²) in [5.41, 5.74) is 9.93. The summed E-state index contributed by atoms with van der Waals surface area (Å²) in [7, 11) is 0. The molecule has 0 radical (unpaired) electrons. The molecule has 2 aromatic carbocycles. The second-order valence-electron chi connectivity index (χ2n) is 10.9. The van der Waals surface area contributed by atoms with Crippen LogP contribution in [0.3, 0.4) is 0 Å². The van der Waals surface area contributed by atoms with Gasteiger partial charge < -0.3 is 35.2 Å². The number of rotatable bonds is 7. The molecule has 4 heterocycles. The third-order valence-corrected chi connectivity index (χ3v) is 8.03. The van der Waals surface area contributed by atoms with Crippen molar-refractivity contribution in [3.63, 3.8) is 0 Å². The number of amides is 3. The summed E-state index contributed by atoms with van der Waals surface area (Å²) in [5.74, 6) is 0.508. The van der Waals surface area contributed by atoms with E-state index in [-0.39, 0.29) is 23.8 Å². The van der Waals surface area contributed by atoms with Gasteiger partial charge in [-0.3, -0.25) is 9.20 Å². The van der Waals surface area contributed by atoms with Gasteiger partial charge in [-0.25, -0.2) is 14.8 Å². The summed E-state index contributed by atoms with van der Waals surface area (Å²) in [6.45, 7) is 2.68. The SMILES string of the molecule is Cc1cc(Nc2nccn3c(-c4ccc(OC(F)F)cc4)cnc23)ccc1C(=O)N1CCN(C(=O)N2CCO[C@@H](CN)C2)CC1. The first-order valence-corrected chi connectivity index (χ1v) is 14.7. The standard InChI is InChI=1S/C31H34F2N8O4/c1-20-16-22(37-27-28-36-18-26(41(28)9-8-35-27)21-2-5-23(6-3-21)45-30(32)33)4-7-25(20)29(42)38-10-12-39(13-11-38)31(43)40-14-15-44-24(17-34)19-40/h2-9,16,18,24,30H,10-15,17,19,34H2,1H3,(H,35,37)/t24-/m0/s1. The first-order chi connectivity index (χ1) is 21.8. The maximum Gasteiger partial charge on any atom is 0.387 e. The van der Waals surface area contributed by atoms with Crippen molar-refractivity contribution in [2.75, 3.05) is 57.7 Å². The summed E-state index contributed by atoms with van der Waals surface area (Å²) in [6.07, 6.45) is 4.95. The summed E-state index contributed by atoms with van der Waals surface area (Å²) in [6, 6.07) is 11.8. The molecular weight excluding hydrogens is 586 g/mol. The fraction of sp³-hybridized carbons (Fsp3) is 0.355. The van der Waals surface area contributed by atoms with Crippen LogP contribution in [0.4, 0.5) is 25.1 Å². The summed E-state index contributed by atoms with van der Waals surface area (Å²) >= 11 is 0. The highest BCUT2D eigenvalue weighted by Gasteiger charge is 2.31. The smallest absolute Gasteiger partial charge is 0.387 e. The van der Waals surface area contributed by atoms with Gasteiger partial charge in [-0.2, -0.15) is 8.78 Å². The molecule has 0 spiro atoms. The number of ether oxygens (including phenoxy) is 2. The van der Waals surface area contributed by atoms with E-state index >= 15 is 0 Å². The number of morpholine rings is 1. The Balaban J connectivity index is 1.10. The number of carbonyl (C=O) groups excluding carboxylic acids is 2. The van der Waals surface area contributed by atoms with Crippen molar-refractivity contribution in [1.29, 1.82) is 0 Å². The van der Waals surface area contributed by atoms with E-state index in [1.165, 1.54) is 12.1 Å². The van der Waals surface area contributed by atoms with E-state index < -0.39 is 6.61 Å². The average molecular weight is 621 g/mol. The fourth-order valence-corrected chi connectivity index (χ4v) is 5.65. The molecule has 4 aromatic rings. The van der Waals surface area contributed by atoms with Crippen molar-refractivity contribution in [3.05, 3.63) is 72.2 Å². The normalized spacial score (nSPS) is 17.2. The van der Waals surface area contributed by atoms with Gasteiger partial charge in [0.25, 0.3) is 5.91 Å². The van der Waals surface area contributed by atoms with E-state index in [2.05, 4.69) is 20.0 Å². The molecule has 2 aliphatic heterocycles. The van der Waals surface area contributed by atoms with E-state index in [0.717, 1.165) is 22.5 Å². The van der Waals surface area contributed by atoms with Crippen LogP contribution in [-0.2, 0) is 4.74 Å². The van der Waals surface area contributed by atoms with Gasteiger partial charge in [-0.05, 0) is 55.0 Å². The lowest BCUT2D eigenvalue weighted by atomic mass is 10.1. The lowest BCUT2D eigenvalue weighted by Crippen LogP contribution is -2.57. The Labute approximate surface area is 258 Å². The van der Waals surface area contributed by atoms with Crippen LogP contribution in [0.15, 0.2) is 61.1 Å². The number of aromatic nitrogens is 3. The molecule has 3 N–H and O–H groups in total. The molecule has 2 aliphatic rings. The Morgan fingerprint density at radius 3 is 2.51 bits per heavy atom. The Kier molecular flexibility index (Phi) is 8.76. The van der Waals surface area contributed by atoms with Crippen LogP contribution in [0, 0.1) is 6.92 Å². The van der Waals surface area contributed by atoms with E-state index in [1.807, 2.05) is 23.5 Å². The second-order valence-corrected chi connectivity index (χ2v) is 10.9. The van der Waals surface area contributed by atoms with E-state index in [1.54, 1.807) is 51.5 Å². The maximum absolute atomic E-state index is 13.4. The molecule has 2 aromatic heterocycles. The largest absolute Gasteiger partial charge is 0.435 e. The number of hydrogen-bond acceptors (Lipinski definition) is 8. The van der Waals surface area contributed by atoms with Crippen LogP contribution in [0.2, 0.25) is 0 Å². The zero-order valence-corrected chi connectivity index (χ0v) is 24.7. The summed E-state index contributed by atoms with van der Waals surface area (Å²) in [4.78, 5) is 40.8. The molecule has 2 fully saturated rings. The van der Waals surface area contributed by atoms with Crippen molar-refractivity contribution in [3.8, 4) is 17.0 Å². The first kappa shape index (κ1) is 30.2. The lowest BCUT2D eigenvalue weighted by Gasteiger charge is -2.40. The lowest BCUT2D eigenvalue weighted by molar-refractivity contribution is -0.0498. The monoisotopic (exact) mass is 620 g/mol. The van der Waals surface area contributed by atoms with Crippen molar-refractivity contribution in [2.24, 2.45) is 5.73 Å². The van der Waals surface area contributed by atoms with Gasteiger partial charge in [0, 0.05) is 75.0 Å². The van der Waals surface area contributed by atoms with Crippen molar-refractivity contribution in [2.45, 2.75) is 19.6 Å². The number of piperazine rings is 1. The van der Waals surface area contributed by atoms with Crippen LogP contribution in [0.1, 0.15) is 15.9 Å². The minimum atomic E-state index is -2.89. The molecule has 2 saturated heterocycles. The van der Waals surface area contributed by atoms with Gasteiger partial charge in [0.2, 0.25) is 0 Å². The van der Waals surface area contributed by atoms with Crippen LogP contribution in [0.5, 0.6) is 5.75 Å². The maximum atomic E-state index is 13.4. The van der Waals surface area contributed by atoms with Gasteiger partial charge in [0.15, 0.2) is 11.5 Å². The predicted molar refractivity (Wildman–Crippen MR) is 163 cm³/mol. The zero-order chi connectivity index (χ0) is 31.5. The Hall–Kier alpha value is -4.82. The molecule has 6 rings (SSSR count). The molecule has 0 saturated carbocycles. The minimum Gasteiger partial charge on any atom is -0.435 e. The van der Waals surface area contributed by atoms with E-state index in [9.17, 15) is 18.4 Å². The van der Waals surface area contributed by atoms with Crippen LogP contribution in [-0.4, -0.2) is 106 Å². The number of alkyl halides is 2. The number of halogens is 2. The number of nitrogens with one attached hydrogen (secondary N) is 1. The second kappa shape index (κ2) is 13.0. The van der Waals surface area contributed by atoms with Crippen LogP contribution >= 0.6 is 0 Å². The average Bonchev–Trinajstić information content (AvgIpc) is 3.50. The third kappa shape index (κ3) is 6.51. The quantitative estimate of drug-likeness (QED) is 0.321. The van der Waals surface area contributed by atoms with Gasteiger partial charge in [-0.1, -0.05) is 0 Å². The first-order valence-electron chi connectivity index (χ1n) is 14.7.